The first-order valence-corrected chi connectivity index (χ1v) is 9.57. The zero-order valence-electron chi connectivity index (χ0n) is 15.0. The maximum absolute atomic E-state index is 12.6. The summed E-state index contributed by atoms with van der Waals surface area (Å²) in [6.07, 6.45) is 6.88. The number of hydrogen-bond acceptors (Lipinski definition) is 4. The molecule has 0 aliphatic heterocycles. The van der Waals surface area contributed by atoms with Crippen LogP contribution < -0.4 is 10.9 Å². The first-order chi connectivity index (χ1) is 12.6. The highest BCUT2D eigenvalue weighted by Gasteiger charge is 2.16. The van der Waals surface area contributed by atoms with E-state index in [1.165, 1.54) is 17.4 Å². The summed E-state index contributed by atoms with van der Waals surface area (Å²) in [6.45, 7) is 0.801. The van der Waals surface area contributed by atoms with Crippen molar-refractivity contribution in [1.82, 2.24) is 14.9 Å². The lowest BCUT2D eigenvalue weighted by Crippen LogP contribution is -2.34. The number of nitrogens with zero attached hydrogens (tertiary/aromatic N) is 1. The molecule has 2 N–H and O–H groups in total. The number of carbonyl (C=O) groups is 1. The van der Waals surface area contributed by atoms with Gasteiger partial charge < -0.3 is 15.0 Å². The predicted octanol–water partition coefficient (Wildman–Crippen LogP) is 3.16. The van der Waals surface area contributed by atoms with Gasteiger partial charge in [0, 0.05) is 18.7 Å². The molecule has 140 valence electrons. The van der Waals surface area contributed by atoms with E-state index < -0.39 is 0 Å². The number of nitrogens with one attached hydrogen (secondary N) is 2. The van der Waals surface area contributed by atoms with Crippen molar-refractivity contribution >= 4 is 29.0 Å². The topological polar surface area (TPSA) is 76.1 Å². The highest BCUT2D eigenvalue weighted by atomic mass is 32.1. The Labute approximate surface area is 157 Å². The first-order valence-electron chi connectivity index (χ1n) is 9.17. The van der Waals surface area contributed by atoms with E-state index in [1.54, 1.807) is 25.3 Å². The average Bonchev–Trinajstić information content (AvgIpc) is 2.89. The lowest BCUT2D eigenvalue weighted by atomic mass is 10.1. The minimum absolute atomic E-state index is 0.0957. The molecule has 1 aliphatic rings. The molecule has 1 fully saturated rings. The number of methoxy groups -OCH3 is 1. The minimum atomic E-state index is -0.170. The Balaban J connectivity index is 1.85. The van der Waals surface area contributed by atoms with Gasteiger partial charge in [-0.25, -0.2) is 0 Å². The number of aromatic nitrogens is 2. The van der Waals surface area contributed by atoms with E-state index in [2.05, 4.69) is 10.3 Å². The minimum Gasteiger partial charge on any atom is -0.383 e. The Hall–Kier alpha value is -1.99. The van der Waals surface area contributed by atoms with Crippen LogP contribution in [0.3, 0.4) is 0 Å². The van der Waals surface area contributed by atoms with Gasteiger partial charge in [0.25, 0.3) is 11.5 Å². The molecule has 0 saturated heterocycles. The van der Waals surface area contributed by atoms with E-state index in [0.717, 1.165) is 25.7 Å². The number of amides is 1. The van der Waals surface area contributed by atoms with Gasteiger partial charge in [0.15, 0.2) is 4.77 Å². The number of benzene rings is 1. The standard InChI is InChI=1S/C19H25N3O3S/c1-25-11-10-22-18(24)15-9-8-13(12-16(15)21-19(22)26)17(23)20-14-6-4-2-3-5-7-14/h8-9,12,14H,2-7,10-11H2,1H3,(H,20,23)(H,21,26). The lowest BCUT2D eigenvalue weighted by Gasteiger charge is -2.16. The Morgan fingerprint density at radius 3 is 2.73 bits per heavy atom. The van der Waals surface area contributed by atoms with Gasteiger partial charge in [-0.1, -0.05) is 25.7 Å². The van der Waals surface area contributed by atoms with Crippen LogP contribution in [0.25, 0.3) is 10.9 Å². The summed E-state index contributed by atoms with van der Waals surface area (Å²) < 4.78 is 6.84. The van der Waals surface area contributed by atoms with Gasteiger partial charge in [0.05, 0.1) is 24.1 Å². The maximum Gasteiger partial charge on any atom is 0.262 e. The maximum atomic E-state index is 12.6. The van der Waals surface area contributed by atoms with Crippen molar-refractivity contribution in [2.75, 3.05) is 13.7 Å². The van der Waals surface area contributed by atoms with Crippen LogP contribution in [0.4, 0.5) is 0 Å². The van der Waals surface area contributed by atoms with Gasteiger partial charge in [0.1, 0.15) is 0 Å². The summed E-state index contributed by atoms with van der Waals surface area (Å²) >= 11 is 5.29. The summed E-state index contributed by atoms with van der Waals surface area (Å²) in [7, 11) is 1.58. The number of aromatic amines is 1. The summed E-state index contributed by atoms with van der Waals surface area (Å²) in [6, 6.07) is 5.34. The van der Waals surface area contributed by atoms with Crippen LogP contribution in [-0.4, -0.2) is 35.2 Å². The highest BCUT2D eigenvalue weighted by Crippen LogP contribution is 2.18. The van der Waals surface area contributed by atoms with Crippen LogP contribution in [-0.2, 0) is 11.3 Å². The van der Waals surface area contributed by atoms with Crippen LogP contribution in [0.1, 0.15) is 48.9 Å². The summed E-state index contributed by atoms with van der Waals surface area (Å²) in [5.41, 5.74) is 0.958. The van der Waals surface area contributed by atoms with Gasteiger partial charge in [-0.05, 0) is 43.3 Å². The Kier molecular flexibility index (Phi) is 6.21. The Morgan fingerprint density at radius 1 is 1.31 bits per heavy atom. The molecular weight excluding hydrogens is 350 g/mol. The molecule has 1 aliphatic carbocycles. The van der Waals surface area contributed by atoms with E-state index in [0.29, 0.717) is 34.4 Å². The van der Waals surface area contributed by atoms with Gasteiger partial charge in [-0.15, -0.1) is 0 Å². The largest absolute Gasteiger partial charge is 0.383 e. The molecule has 1 amide bonds. The summed E-state index contributed by atoms with van der Waals surface area (Å²) in [5.74, 6) is -0.0957. The van der Waals surface area contributed by atoms with E-state index in [4.69, 9.17) is 17.0 Å². The molecule has 0 unspecified atom stereocenters. The predicted molar refractivity (Wildman–Crippen MR) is 104 cm³/mol. The zero-order chi connectivity index (χ0) is 18.5. The molecule has 0 spiro atoms. The molecule has 3 rings (SSSR count). The van der Waals surface area contributed by atoms with E-state index >= 15 is 0 Å². The van der Waals surface area contributed by atoms with E-state index in [-0.39, 0.29) is 17.5 Å². The van der Waals surface area contributed by atoms with E-state index in [1.807, 2.05) is 0 Å². The van der Waals surface area contributed by atoms with Crippen LogP contribution in [0.2, 0.25) is 0 Å². The molecule has 2 aromatic rings. The molecule has 7 heteroatoms. The third kappa shape index (κ3) is 4.22. The molecule has 1 saturated carbocycles. The lowest BCUT2D eigenvalue weighted by molar-refractivity contribution is 0.0933. The third-order valence-electron chi connectivity index (χ3n) is 4.95. The molecule has 26 heavy (non-hydrogen) atoms. The van der Waals surface area contributed by atoms with Gasteiger partial charge in [-0.2, -0.15) is 0 Å². The number of carbonyl (C=O) groups excluding carboxylic acids is 1. The third-order valence-corrected chi connectivity index (χ3v) is 5.28. The van der Waals surface area contributed by atoms with E-state index in [9.17, 15) is 9.59 Å². The summed E-state index contributed by atoms with van der Waals surface area (Å²) in [4.78, 5) is 28.3. The number of hydrogen-bond donors (Lipinski definition) is 2. The second kappa shape index (κ2) is 8.60. The average molecular weight is 375 g/mol. The zero-order valence-corrected chi connectivity index (χ0v) is 15.9. The highest BCUT2D eigenvalue weighted by molar-refractivity contribution is 7.71. The second-order valence-electron chi connectivity index (χ2n) is 6.80. The molecular formula is C19H25N3O3S. The number of fused-ring (bicyclic) bond motifs is 1. The monoisotopic (exact) mass is 375 g/mol. The molecule has 1 aromatic carbocycles. The van der Waals surface area contributed by atoms with Crippen LogP contribution in [0, 0.1) is 4.77 Å². The van der Waals surface area contributed by atoms with Gasteiger partial charge in [-0.3, -0.25) is 14.2 Å². The molecule has 1 heterocycles. The van der Waals surface area contributed by atoms with Gasteiger partial charge >= 0.3 is 0 Å². The Bertz CT molecular complexity index is 895. The quantitative estimate of drug-likeness (QED) is 0.622. The Morgan fingerprint density at radius 2 is 2.04 bits per heavy atom. The smallest absolute Gasteiger partial charge is 0.262 e. The van der Waals surface area contributed by atoms with Gasteiger partial charge in [0.2, 0.25) is 0 Å². The van der Waals surface area contributed by atoms with Crippen molar-refractivity contribution in [3.05, 3.63) is 38.9 Å². The summed E-state index contributed by atoms with van der Waals surface area (Å²) in [5, 5.41) is 3.64. The molecule has 0 radical (unpaired) electrons. The SMILES string of the molecule is COCCn1c(=S)[nH]c2cc(C(=O)NC3CCCCCC3)ccc2c1=O. The molecule has 0 bridgehead atoms. The van der Waals surface area contributed by atoms with Crippen molar-refractivity contribution < 1.29 is 9.53 Å². The number of rotatable bonds is 5. The van der Waals surface area contributed by atoms with Crippen molar-refractivity contribution in [3.63, 3.8) is 0 Å². The fraction of sp³-hybridized carbons (Fsp3) is 0.526. The van der Waals surface area contributed by atoms with Crippen LogP contribution >= 0.6 is 12.2 Å². The normalized spacial score (nSPS) is 15.7. The van der Waals surface area contributed by atoms with Crippen molar-refractivity contribution in [2.24, 2.45) is 0 Å². The number of H-pyrrole nitrogens is 1. The fourth-order valence-electron chi connectivity index (χ4n) is 3.47. The molecule has 6 nitrogen and oxygen atoms in total. The molecule has 1 aromatic heterocycles. The van der Waals surface area contributed by atoms with Crippen LogP contribution in [0.15, 0.2) is 23.0 Å². The first kappa shape index (κ1) is 18.8. The fourth-order valence-corrected chi connectivity index (χ4v) is 3.76. The molecule has 0 atom stereocenters. The van der Waals surface area contributed by atoms with Crippen LogP contribution in [0.5, 0.6) is 0 Å². The number of ether oxygens (including phenoxy) is 1. The van der Waals surface area contributed by atoms with Crippen molar-refractivity contribution in [3.8, 4) is 0 Å². The van der Waals surface area contributed by atoms with Crippen molar-refractivity contribution in [1.29, 1.82) is 0 Å². The second-order valence-corrected chi connectivity index (χ2v) is 7.19. The van der Waals surface area contributed by atoms with Crippen molar-refractivity contribution in [2.45, 2.75) is 51.1 Å².